The molecule has 1 rings (SSSR count). The lowest BCUT2D eigenvalue weighted by Gasteiger charge is -2.09. The Morgan fingerprint density at radius 1 is 1.47 bits per heavy atom. The lowest BCUT2D eigenvalue weighted by Crippen LogP contribution is -2.06. The van der Waals surface area contributed by atoms with Crippen LogP contribution in [0.4, 0.5) is 5.69 Å². The van der Waals surface area contributed by atoms with E-state index in [0.717, 1.165) is 41.4 Å². The Hall–Kier alpha value is -0.250. The van der Waals surface area contributed by atoms with Gasteiger partial charge in [0.25, 0.3) is 0 Å². The Balaban J connectivity index is 2.34. The lowest BCUT2D eigenvalue weighted by atomic mass is 10.3. The zero-order chi connectivity index (χ0) is 11.1. The van der Waals surface area contributed by atoms with Crippen molar-refractivity contribution < 1.29 is 4.74 Å². The summed E-state index contributed by atoms with van der Waals surface area (Å²) in [6.07, 6.45) is 0.993. The van der Waals surface area contributed by atoms with Gasteiger partial charge in [-0.1, -0.05) is 17.7 Å². The number of benzene rings is 1. The summed E-state index contributed by atoms with van der Waals surface area (Å²) >= 11 is 9.40. The molecule has 2 nitrogen and oxygen atoms in total. The van der Waals surface area contributed by atoms with Crippen molar-refractivity contribution in [2.45, 2.75) is 13.3 Å². The van der Waals surface area contributed by atoms with Gasteiger partial charge in [-0.15, -0.1) is 0 Å². The normalized spacial score (nSPS) is 10.3. The van der Waals surface area contributed by atoms with E-state index in [1.165, 1.54) is 0 Å². The lowest BCUT2D eigenvalue weighted by molar-refractivity contribution is 0.147. The van der Waals surface area contributed by atoms with Crippen molar-refractivity contribution in [3.8, 4) is 0 Å². The molecule has 0 heterocycles. The summed E-state index contributed by atoms with van der Waals surface area (Å²) < 4.78 is 6.17. The third-order valence-corrected chi connectivity index (χ3v) is 3.33. The summed E-state index contributed by atoms with van der Waals surface area (Å²) in [5, 5.41) is 4.03. The zero-order valence-electron chi connectivity index (χ0n) is 8.72. The molecule has 1 N–H and O–H groups in total. The van der Waals surface area contributed by atoms with Gasteiger partial charge in [0.05, 0.1) is 9.50 Å². The predicted octanol–water partition coefficient (Wildman–Crippen LogP) is 3.94. The van der Waals surface area contributed by atoms with Crippen LogP contribution < -0.4 is 5.32 Å². The minimum atomic E-state index is 0.727. The van der Waals surface area contributed by atoms with E-state index >= 15 is 0 Å². The first-order chi connectivity index (χ1) is 7.25. The third-order valence-electron chi connectivity index (χ3n) is 1.94. The Morgan fingerprint density at radius 2 is 2.27 bits per heavy atom. The van der Waals surface area contributed by atoms with Crippen LogP contribution in [0.3, 0.4) is 0 Å². The van der Waals surface area contributed by atoms with Crippen LogP contribution in [-0.2, 0) is 4.74 Å². The van der Waals surface area contributed by atoms with E-state index in [0.29, 0.717) is 0 Å². The summed E-state index contributed by atoms with van der Waals surface area (Å²) in [5.74, 6) is 0. The second kappa shape index (κ2) is 7.09. The van der Waals surface area contributed by atoms with Gasteiger partial charge in [-0.25, -0.2) is 0 Å². The zero-order valence-corrected chi connectivity index (χ0v) is 11.1. The maximum atomic E-state index is 5.96. The first-order valence-electron chi connectivity index (χ1n) is 5.01. The molecule has 4 heteroatoms. The largest absolute Gasteiger partial charge is 0.384 e. The van der Waals surface area contributed by atoms with Gasteiger partial charge >= 0.3 is 0 Å². The highest BCUT2D eigenvalue weighted by atomic mass is 79.9. The van der Waals surface area contributed by atoms with Gasteiger partial charge in [0.15, 0.2) is 0 Å². The monoisotopic (exact) mass is 291 g/mol. The molecule has 0 spiro atoms. The molecular formula is C11H15BrClNO. The quantitative estimate of drug-likeness (QED) is 0.802. The number of ether oxygens (including phenoxy) is 1. The van der Waals surface area contributed by atoms with Crippen LogP contribution in [-0.4, -0.2) is 19.8 Å². The standard InChI is InChI=1S/C11H15BrClNO/c1-2-15-8-4-7-14-10-6-3-5-9(13)11(10)12/h3,5-6,14H,2,4,7-8H2,1H3. The average Bonchev–Trinajstić information content (AvgIpc) is 2.24. The second-order valence-electron chi connectivity index (χ2n) is 3.08. The molecule has 0 radical (unpaired) electrons. The van der Waals surface area contributed by atoms with E-state index in [1.54, 1.807) is 0 Å². The number of anilines is 1. The van der Waals surface area contributed by atoms with Crippen LogP contribution in [0.2, 0.25) is 5.02 Å². The van der Waals surface area contributed by atoms with E-state index < -0.39 is 0 Å². The van der Waals surface area contributed by atoms with Crippen molar-refractivity contribution in [1.82, 2.24) is 0 Å². The fourth-order valence-electron chi connectivity index (χ4n) is 1.18. The molecule has 0 bridgehead atoms. The molecule has 0 amide bonds. The summed E-state index contributed by atoms with van der Waals surface area (Å²) in [7, 11) is 0. The van der Waals surface area contributed by atoms with E-state index in [2.05, 4.69) is 21.2 Å². The summed E-state index contributed by atoms with van der Waals surface area (Å²) in [5.41, 5.74) is 1.03. The minimum absolute atomic E-state index is 0.727. The molecule has 0 aliphatic rings. The maximum Gasteiger partial charge on any atom is 0.0593 e. The molecule has 0 saturated heterocycles. The van der Waals surface area contributed by atoms with Gasteiger partial charge in [-0.05, 0) is 41.4 Å². The van der Waals surface area contributed by atoms with Crippen LogP contribution >= 0.6 is 27.5 Å². The maximum absolute atomic E-state index is 5.96. The molecule has 0 fully saturated rings. The van der Waals surface area contributed by atoms with Crippen molar-refractivity contribution in [3.63, 3.8) is 0 Å². The Morgan fingerprint density at radius 3 is 3.00 bits per heavy atom. The Kier molecular flexibility index (Phi) is 6.06. The number of hydrogen-bond donors (Lipinski definition) is 1. The molecule has 0 atom stereocenters. The number of nitrogens with one attached hydrogen (secondary N) is 1. The van der Waals surface area contributed by atoms with Gasteiger partial charge in [0.2, 0.25) is 0 Å². The number of halogens is 2. The van der Waals surface area contributed by atoms with Gasteiger partial charge in [0.1, 0.15) is 0 Å². The van der Waals surface area contributed by atoms with Crippen LogP contribution in [0.5, 0.6) is 0 Å². The van der Waals surface area contributed by atoms with Crippen molar-refractivity contribution in [2.75, 3.05) is 25.1 Å². The van der Waals surface area contributed by atoms with Crippen molar-refractivity contribution in [3.05, 3.63) is 27.7 Å². The number of rotatable bonds is 6. The molecule has 84 valence electrons. The van der Waals surface area contributed by atoms with Crippen LogP contribution in [0, 0.1) is 0 Å². The molecule has 0 aliphatic heterocycles. The first-order valence-corrected chi connectivity index (χ1v) is 6.18. The van der Waals surface area contributed by atoms with E-state index in [9.17, 15) is 0 Å². The Bertz CT molecular complexity index is 307. The second-order valence-corrected chi connectivity index (χ2v) is 4.28. The summed E-state index contributed by atoms with van der Waals surface area (Å²) in [6, 6.07) is 5.78. The van der Waals surface area contributed by atoms with Crippen LogP contribution in [0.1, 0.15) is 13.3 Å². The topological polar surface area (TPSA) is 21.3 Å². The van der Waals surface area contributed by atoms with Crippen LogP contribution in [0.15, 0.2) is 22.7 Å². The van der Waals surface area contributed by atoms with Gasteiger partial charge < -0.3 is 10.1 Å². The molecule has 15 heavy (non-hydrogen) atoms. The SMILES string of the molecule is CCOCCCNc1cccc(Cl)c1Br. The van der Waals surface area contributed by atoms with E-state index in [1.807, 2.05) is 25.1 Å². The van der Waals surface area contributed by atoms with E-state index in [4.69, 9.17) is 16.3 Å². The molecule has 0 unspecified atom stereocenters. The number of hydrogen-bond acceptors (Lipinski definition) is 2. The van der Waals surface area contributed by atoms with Crippen molar-refractivity contribution in [2.24, 2.45) is 0 Å². The smallest absolute Gasteiger partial charge is 0.0593 e. The van der Waals surface area contributed by atoms with Crippen LogP contribution in [0.25, 0.3) is 0 Å². The van der Waals surface area contributed by atoms with Crippen molar-refractivity contribution in [1.29, 1.82) is 0 Å². The van der Waals surface area contributed by atoms with E-state index in [-0.39, 0.29) is 0 Å². The minimum Gasteiger partial charge on any atom is -0.384 e. The third kappa shape index (κ3) is 4.41. The highest BCUT2D eigenvalue weighted by Gasteiger charge is 2.01. The first kappa shape index (κ1) is 12.8. The molecule has 1 aromatic carbocycles. The van der Waals surface area contributed by atoms with Gasteiger partial charge in [-0.2, -0.15) is 0 Å². The average molecular weight is 293 g/mol. The fraction of sp³-hybridized carbons (Fsp3) is 0.455. The molecular weight excluding hydrogens is 277 g/mol. The summed E-state index contributed by atoms with van der Waals surface area (Å²) in [4.78, 5) is 0. The predicted molar refractivity (Wildman–Crippen MR) is 68.8 cm³/mol. The highest BCUT2D eigenvalue weighted by molar-refractivity contribution is 9.10. The van der Waals surface area contributed by atoms with Gasteiger partial charge in [0, 0.05) is 25.4 Å². The molecule has 0 aromatic heterocycles. The van der Waals surface area contributed by atoms with Crippen molar-refractivity contribution >= 4 is 33.2 Å². The molecule has 0 aliphatic carbocycles. The highest BCUT2D eigenvalue weighted by Crippen LogP contribution is 2.29. The molecule has 1 aromatic rings. The summed E-state index contributed by atoms with van der Waals surface area (Å²) in [6.45, 7) is 4.46. The fourth-order valence-corrected chi connectivity index (χ4v) is 1.76. The molecule has 0 saturated carbocycles. The Labute approximate surface area is 104 Å². The van der Waals surface area contributed by atoms with Gasteiger partial charge in [-0.3, -0.25) is 0 Å².